The maximum atomic E-state index is 6.15. The third-order valence-corrected chi connectivity index (χ3v) is 3.41. The molecule has 100 valence electrons. The molecule has 3 nitrogen and oxygen atoms in total. The van der Waals surface area contributed by atoms with E-state index in [9.17, 15) is 0 Å². The van der Waals surface area contributed by atoms with E-state index >= 15 is 0 Å². The van der Waals surface area contributed by atoms with Crippen LogP contribution in [0.25, 0.3) is 10.9 Å². The van der Waals surface area contributed by atoms with Gasteiger partial charge >= 0.3 is 0 Å². The monoisotopic (exact) mass is 304 g/mol. The molecule has 0 bridgehead atoms. The average Bonchev–Trinajstić information content (AvgIpc) is 2.49. The summed E-state index contributed by atoms with van der Waals surface area (Å²) in [6.45, 7) is 0. The fourth-order valence-corrected chi connectivity index (χ4v) is 2.26. The Morgan fingerprint density at radius 2 is 2.00 bits per heavy atom. The van der Waals surface area contributed by atoms with E-state index in [2.05, 4.69) is 9.97 Å². The first-order valence-corrected chi connectivity index (χ1v) is 6.91. The number of ether oxygens (including phenoxy) is 1. The van der Waals surface area contributed by atoms with Crippen molar-refractivity contribution in [2.75, 3.05) is 0 Å². The van der Waals surface area contributed by atoms with Crippen molar-refractivity contribution in [3.05, 3.63) is 59.4 Å². The lowest BCUT2D eigenvalue weighted by Gasteiger charge is -2.09. The van der Waals surface area contributed by atoms with E-state index in [0.717, 1.165) is 16.5 Å². The van der Waals surface area contributed by atoms with Crippen molar-refractivity contribution in [1.29, 1.82) is 0 Å². The highest BCUT2D eigenvalue weighted by atomic mass is 35.5. The van der Waals surface area contributed by atoms with Gasteiger partial charge in [-0.3, -0.25) is 4.98 Å². The van der Waals surface area contributed by atoms with Crippen LogP contribution in [0.3, 0.4) is 0 Å². The molecule has 1 aromatic carbocycles. The number of pyridine rings is 2. The summed E-state index contributed by atoms with van der Waals surface area (Å²) in [4.78, 5) is 8.47. The molecular formula is C15H10Cl2N2O. The van der Waals surface area contributed by atoms with Crippen LogP contribution in [-0.4, -0.2) is 9.97 Å². The molecule has 0 N–H and O–H groups in total. The van der Waals surface area contributed by atoms with Crippen LogP contribution >= 0.6 is 23.2 Å². The van der Waals surface area contributed by atoms with Gasteiger partial charge < -0.3 is 4.74 Å². The van der Waals surface area contributed by atoms with Gasteiger partial charge in [-0.25, -0.2) is 4.98 Å². The third kappa shape index (κ3) is 2.55. The molecule has 0 aliphatic rings. The van der Waals surface area contributed by atoms with E-state index in [1.807, 2.05) is 30.3 Å². The summed E-state index contributed by atoms with van der Waals surface area (Å²) in [6, 6.07) is 11.2. The first-order valence-electron chi connectivity index (χ1n) is 6.00. The van der Waals surface area contributed by atoms with Crippen molar-refractivity contribution < 1.29 is 4.74 Å². The molecule has 0 aliphatic heterocycles. The first-order chi connectivity index (χ1) is 9.78. The molecule has 0 amide bonds. The second-order valence-corrected chi connectivity index (χ2v) is 4.87. The molecule has 0 saturated heterocycles. The van der Waals surface area contributed by atoms with E-state index in [4.69, 9.17) is 27.9 Å². The molecule has 0 atom stereocenters. The third-order valence-electron chi connectivity index (χ3n) is 2.83. The van der Waals surface area contributed by atoms with Gasteiger partial charge in [-0.2, -0.15) is 0 Å². The standard InChI is InChI=1S/C15H10Cl2N2O/c16-8-10-7-12(17)15(19-9-10)20-14-5-1-4-13-11(14)3-2-6-18-13/h1-7,9H,8H2. The second kappa shape index (κ2) is 5.65. The zero-order valence-corrected chi connectivity index (χ0v) is 11.9. The fraction of sp³-hybridized carbons (Fsp3) is 0.0667. The maximum absolute atomic E-state index is 6.15. The van der Waals surface area contributed by atoms with Gasteiger partial charge in [-0.1, -0.05) is 17.7 Å². The van der Waals surface area contributed by atoms with Crippen molar-refractivity contribution >= 4 is 34.1 Å². The Kier molecular flexibility index (Phi) is 3.72. The summed E-state index contributed by atoms with van der Waals surface area (Å²) >= 11 is 11.9. The normalized spacial score (nSPS) is 10.7. The maximum Gasteiger partial charge on any atom is 0.238 e. The van der Waals surface area contributed by atoms with Crippen molar-refractivity contribution in [2.24, 2.45) is 0 Å². The van der Waals surface area contributed by atoms with Crippen LogP contribution in [0.4, 0.5) is 0 Å². The zero-order chi connectivity index (χ0) is 13.9. The number of alkyl halides is 1. The minimum absolute atomic E-state index is 0.358. The largest absolute Gasteiger partial charge is 0.437 e. The topological polar surface area (TPSA) is 35.0 Å². The summed E-state index contributed by atoms with van der Waals surface area (Å²) in [7, 11) is 0. The van der Waals surface area contributed by atoms with Crippen LogP contribution in [0.1, 0.15) is 5.56 Å². The van der Waals surface area contributed by atoms with Crippen LogP contribution in [0.15, 0.2) is 48.8 Å². The number of halogens is 2. The average molecular weight is 305 g/mol. The van der Waals surface area contributed by atoms with E-state index in [-0.39, 0.29) is 0 Å². The van der Waals surface area contributed by atoms with E-state index in [1.165, 1.54) is 0 Å². The minimum atomic E-state index is 0.358. The quantitative estimate of drug-likeness (QED) is 0.651. The lowest BCUT2D eigenvalue weighted by atomic mass is 10.2. The smallest absolute Gasteiger partial charge is 0.238 e. The number of benzene rings is 1. The highest BCUT2D eigenvalue weighted by Crippen LogP contribution is 2.32. The molecule has 0 spiro atoms. The fourth-order valence-electron chi connectivity index (χ4n) is 1.88. The van der Waals surface area contributed by atoms with Crippen LogP contribution in [0.2, 0.25) is 5.02 Å². The summed E-state index contributed by atoms with van der Waals surface area (Å²) in [5, 5.41) is 1.35. The Bertz CT molecular complexity index is 756. The Morgan fingerprint density at radius 1 is 1.10 bits per heavy atom. The molecule has 0 unspecified atom stereocenters. The molecule has 0 saturated carbocycles. The van der Waals surface area contributed by atoms with Crippen LogP contribution in [0, 0.1) is 0 Å². The molecule has 2 aromatic heterocycles. The van der Waals surface area contributed by atoms with Gasteiger partial charge in [0.1, 0.15) is 10.8 Å². The zero-order valence-electron chi connectivity index (χ0n) is 10.4. The van der Waals surface area contributed by atoms with E-state index in [1.54, 1.807) is 18.5 Å². The molecule has 0 fully saturated rings. The van der Waals surface area contributed by atoms with Crippen molar-refractivity contribution in [3.63, 3.8) is 0 Å². The molecule has 3 rings (SSSR count). The van der Waals surface area contributed by atoms with Crippen LogP contribution in [0.5, 0.6) is 11.6 Å². The van der Waals surface area contributed by atoms with Gasteiger partial charge in [0.25, 0.3) is 0 Å². The van der Waals surface area contributed by atoms with Crippen molar-refractivity contribution in [1.82, 2.24) is 9.97 Å². The predicted molar refractivity (Wildman–Crippen MR) is 80.6 cm³/mol. The minimum Gasteiger partial charge on any atom is -0.437 e. The predicted octanol–water partition coefficient (Wildman–Crippen LogP) is 4.81. The molecular weight excluding hydrogens is 295 g/mol. The number of hydrogen-bond acceptors (Lipinski definition) is 3. The molecule has 2 heterocycles. The summed E-state index contributed by atoms with van der Waals surface area (Å²) < 4.78 is 5.80. The number of nitrogens with zero attached hydrogens (tertiary/aromatic N) is 2. The molecule has 20 heavy (non-hydrogen) atoms. The van der Waals surface area contributed by atoms with Gasteiger partial charge in [0.2, 0.25) is 5.88 Å². The Balaban J connectivity index is 2.01. The highest BCUT2D eigenvalue weighted by molar-refractivity contribution is 6.32. The van der Waals surface area contributed by atoms with E-state index in [0.29, 0.717) is 22.5 Å². The lowest BCUT2D eigenvalue weighted by molar-refractivity contribution is 0.468. The van der Waals surface area contributed by atoms with Gasteiger partial charge in [0.05, 0.1) is 5.52 Å². The van der Waals surface area contributed by atoms with Crippen molar-refractivity contribution in [3.8, 4) is 11.6 Å². The van der Waals surface area contributed by atoms with Gasteiger partial charge in [0.15, 0.2) is 0 Å². The summed E-state index contributed by atoms with van der Waals surface area (Å²) in [6.07, 6.45) is 3.39. The molecule has 3 aromatic rings. The summed E-state index contributed by atoms with van der Waals surface area (Å²) in [5.41, 5.74) is 1.71. The van der Waals surface area contributed by atoms with Crippen molar-refractivity contribution in [2.45, 2.75) is 5.88 Å². The van der Waals surface area contributed by atoms with Crippen LogP contribution in [-0.2, 0) is 5.88 Å². The number of fused-ring (bicyclic) bond motifs is 1. The van der Waals surface area contributed by atoms with Gasteiger partial charge in [0, 0.05) is 23.7 Å². The number of aromatic nitrogens is 2. The molecule has 5 heteroatoms. The molecule has 0 radical (unpaired) electrons. The Hall–Kier alpha value is -1.84. The molecule has 0 aliphatic carbocycles. The first kappa shape index (κ1) is 13.2. The van der Waals surface area contributed by atoms with Crippen LogP contribution < -0.4 is 4.74 Å². The van der Waals surface area contributed by atoms with E-state index < -0.39 is 0 Å². The SMILES string of the molecule is ClCc1cnc(Oc2cccc3ncccc23)c(Cl)c1. The highest BCUT2D eigenvalue weighted by Gasteiger charge is 2.09. The lowest BCUT2D eigenvalue weighted by Crippen LogP contribution is -1.92. The van der Waals surface area contributed by atoms with Gasteiger partial charge in [-0.15, -0.1) is 11.6 Å². The Morgan fingerprint density at radius 3 is 2.80 bits per heavy atom. The Labute approximate surface area is 126 Å². The number of hydrogen-bond donors (Lipinski definition) is 0. The van der Waals surface area contributed by atoms with Gasteiger partial charge in [-0.05, 0) is 35.9 Å². The second-order valence-electron chi connectivity index (χ2n) is 4.19. The summed E-state index contributed by atoms with van der Waals surface area (Å²) in [5.74, 6) is 1.39. The number of rotatable bonds is 3.